The molecule has 0 saturated carbocycles. The van der Waals surface area contributed by atoms with E-state index in [1.54, 1.807) is 54.1 Å². The molecule has 26 heavy (non-hydrogen) atoms. The molecule has 2 heterocycles. The normalized spacial score (nSPS) is 11.6. The van der Waals surface area contributed by atoms with Crippen LogP contribution in [0.25, 0.3) is 0 Å². The van der Waals surface area contributed by atoms with Gasteiger partial charge in [-0.2, -0.15) is 0 Å². The zero-order valence-corrected chi connectivity index (χ0v) is 15.1. The van der Waals surface area contributed by atoms with Crippen LogP contribution in [0.15, 0.2) is 60.2 Å². The van der Waals surface area contributed by atoms with Crippen LogP contribution in [0, 0.1) is 0 Å². The fraction of sp³-hybridized carbons (Fsp3) is 0.211. The van der Waals surface area contributed by atoms with Gasteiger partial charge in [-0.15, -0.1) is 11.3 Å². The van der Waals surface area contributed by atoms with Crippen molar-refractivity contribution in [2.24, 2.45) is 0 Å². The summed E-state index contributed by atoms with van der Waals surface area (Å²) < 4.78 is 11.1. The largest absolute Gasteiger partial charge is 0.484 e. The van der Waals surface area contributed by atoms with Gasteiger partial charge >= 0.3 is 0 Å². The van der Waals surface area contributed by atoms with Crippen LogP contribution in [-0.4, -0.2) is 29.0 Å². The fourth-order valence-electron chi connectivity index (χ4n) is 2.16. The molecule has 1 amide bonds. The number of hydrogen-bond acceptors (Lipinski definition) is 6. The highest BCUT2D eigenvalue weighted by atomic mass is 32.1. The molecular formula is C19H19N3O3S. The third-order valence-electron chi connectivity index (χ3n) is 3.53. The third-order valence-corrected chi connectivity index (χ3v) is 4.54. The van der Waals surface area contributed by atoms with Crippen molar-refractivity contribution in [3.8, 4) is 17.4 Å². The highest BCUT2D eigenvalue weighted by Crippen LogP contribution is 2.22. The van der Waals surface area contributed by atoms with Crippen LogP contribution >= 0.6 is 11.3 Å². The zero-order chi connectivity index (χ0) is 18.2. The second-order valence-corrected chi connectivity index (χ2v) is 6.53. The number of carbonyl (C=O) groups excluding carboxylic acids is 1. The van der Waals surface area contributed by atoms with Gasteiger partial charge in [0.15, 0.2) is 6.61 Å². The molecule has 0 fully saturated rings. The Labute approximate surface area is 155 Å². The number of rotatable bonds is 8. The van der Waals surface area contributed by atoms with Gasteiger partial charge in [0.25, 0.3) is 5.91 Å². The average molecular weight is 369 g/mol. The molecule has 1 N–H and O–H groups in total. The van der Waals surface area contributed by atoms with Gasteiger partial charge in [0.05, 0.1) is 5.01 Å². The Hall–Kier alpha value is -2.93. The van der Waals surface area contributed by atoms with Crippen LogP contribution in [0.2, 0.25) is 0 Å². The summed E-state index contributed by atoms with van der Waals surface area (Å²) in [5, 5.41) is 5.79. The molecule has 1 aromatic carbocycles. The molecule has 0 aliphatic heterocycles. The summed E-state index contributed by atoms with van der Waals surface area (Å²) in [6, 6.07) is 12.5. The minimum atomic E-state index is -0.165. The molecule has 0 radical (unpaired) electrons. The fourth-order valence-corrected chi connectivity index (χ4v) is 2.86. The molecule has 3 aromatic rings. The van der Waals surface area contributed by atoms with E-state index in [0.717, 1.165) is 5.01 Å². The quantitative estimate of drug-likeness (QED) is 0.656. The number of nitrogens with zero attached hydrogens (tertiary/aromatic N) is 2. The molecule has 3 rings (SSSR count). The highest BCUT2D eigenvalue weighted by molar-refractivity contribution is 7.09. The van der Waals surface area contributed by atoms with Crippen LogP contribution in [0.1, 0.15) is 17.8 Å². The molecule has 0 bridgehead atoms. The lowest BCUT2D eigenvalue weighted by Crippen LogP contribution is -2.31. The van der Waals surface area contributed by atoms with E-state index in [-0.39, 0.29) is 18.4 Å². The predicted octanol–water partition coefficient (Wildman–Crippen LogP) is 3.63. The first-order valence-corrected chi connectivity index (χ1v) is 9.06. The number of ether oxygens (including phenoxy) is 2. The number of aromatic nitrogens is 2. The van der Waals surface area contributed by atoms with E-state index in [1.807, 2.05) is 24.4 Å². The van der Waals surface area contributed by atoms with E-state index in [4.69, 9.17) is 9.47 Å². The van der Waals surface area contributed by atoms with Gasteiger partial charge in [-0.3, -0.25) is 4.79 Å². The first-order valence-electron chi connectivity index (χ1n) is 8.18. The van der Waals surface area contributed by atoms with Crippen molar-refractivity contribution >= 4 is 17.2 Å². The Kier molecular flexibility index (Phi) is 6.16. The lowest BCUT2D eigenvalue weighted by atomic mass is 10.2. The van der Waals surface area contributed by atoms with Crippen molar-refractivity contribution in [1.29, 1.82) is 0 Å². The lowest BCUT2D eigenvalue weighted by Gasteiger charge is -2.11. The maximum Gasteiger partial charge on any atom is 0.257 e. The van der Waals surface area contributed by atoms with Gasteiger partial charge in [-0.25, -0.2) is 9.97 Å². The van der Waals surface area contributed by atoms with Crippen LogP contribution in [-0.2, 0) is 4.79 Å². The van der Waals surface area contributed by atoms with Gasteiger partial charge in [-0.1, -0.05) is 13.0 Å². The zero-order valence-electron chi connectivity index (χ0n) is 14.3. The molecule has 0 aliphatic carbocycles. The van der Waals surface area contributed by atoms with Crippen LogP contribution < -0.4 is 14.8 Å². The van der Waals surface area contributed by atoms with Crippen molar-refractivity contribution in [1.82, 2.24) is 15.3 Å². The monoisotopic (exact) mass is 369 g/mol. The molecule has 0 unspecified atom stereocenters. The molecule has 6 nitrogen and oxygen atoms in total. The molecule has 0 saturated heterocycles. The minimum Gasteiger partial charge on any atom is -0.484 e. The van der Waals surface area contributed by atoms with Crippen LogP contribution in [0.4, 0.5) is 0 Å². The van der Waals surface area contributed by atoms with Gasteiger partial charge in [0, 0.05) is 36.3 Å². The summed E-state index contributed by atoms with van der Waals surface area (Å²) in [4.78, 5) is 20.3. The van der Waals surface area contributed by atoms with Crippen LogP contribution in [0.3, 0.4) is 0 Å². The Morgan fingerprint density at radius 2 is 1.92 bits per heavy atom. The van der Waals surface area contributed by atoms with E-state index in [1.165, 1.54) is 0 Å². The second-order valence-electron chi connectivity index (χ2n) is 5.61. The summed E-state index contributed by atoms with van der Waals surface area (Å²) >= 11 is 1.58. The molecule has 0 spiro atoms. The van der Waals surface area contributed by atoms with Crippen molar-refractivity contribution in [3.63, 3.8) is 0 Å². The van der Waals surface area contributed by atoms with E-state index in [0.29, 0.717) is 23.9 Å². The Balaban J connectivity index is 1.42. The predicted molar refractivity (Wildman–Crippen MR) is 99.8 cm³/mol. The van der Waals surface area contributed by atoms with Crippen LogP contribution in [0.5, 0.6) is 17.4 Å². The van der Waals surface area contributed by atoms with Gasteiger partial charge in [-0.05, 0) is 30.3 Å². The maximum absolute atomic E-state index is 11.9. The first kappa shape index (κ1) is 17.9. The molecule has 134 valence electrons. The number of carbonyl (C=O) groups is 1. The highest BCUT2D eigenvalue weighted by Gasteiger charge is 2.10. The summed E-state index contributed by atoms with van der Waals surface area (Å²) in [6.45, 7) is 2.53. The number of thiazole rings is 1. The number of pyridine rings is 1. The van der Waals surface area contributed by atoms with E-state index < -0.39 is 0 Å². The van der Waals surface area contributed by atoms with E-state index in [2.05, 4.69) is 15.3 Å². The molecule has 7 heteroatoms. The van der Waals surface area contributed by atoms with Crippen molar-refractivity contribution < 1.29 is 14.3 Å². The van der Waals surface area contributed by atoms with Gasteiger partial charge < -0.3 is 14.8 Å². The third kappa shape index (κ3) is 5.29. The number of benzene rings is 1. The van der Waals surface area contributed by atoms with E-state index >= 15 is 0 Å². The Morgan fingerprint density at radius 3 is 2.62 bits per heavy atom. The Bertz CT molecular complexity index is 808. The lowest BCUT2D eigenvalue weighted by molar-refractivity contribution is -0.123. The van der Waals surface area contributed by atoms with Crippen molar-refractivity contribution in [2.45, 2.75) is 12.8 Å². The maximum atomic E-state index is 11.9. The minimum absolute atomic E-state index is 0.0367. The molecule has 0 aliphatic rings. The topological polar surface area (TPSA) is 73.3 Å². The summed E-state index contributed by atoms with van der Waals surface area (Å²) in [5.41, 5.74) is 0. The molecular weight excluding hydrogens is 350 g/mol. The molecule has 1 atom stereocenters. The second kappa shape index (κ2) is 8.96. The van der Waals surface area contributed by atoms with Gasteiger partial charge in [0.1, 0.15) is 11.5 Å². The smallest absolute Gasteiger partial charge is 0.257 e. The number of nitrogens with one attached hydrogen (secondary N) is 1. The van der Waals surface area contributed by atoms with Gasteiger partial charge in [0.2, 0.25) is 5.88 Å². The number of hydrogen-bond donors (Lipinski definition) is 1. The summed E-state index contributed by atoms with van der Waals surface area (Å²) in [7, 11) is 0. The molecule has 2 aromatic heterocycles. The number of amides is 1. The van der Waals surface area contributed by atoms with E-state index in [9.17, 15) is 4.79 Å². The standard InChI is InChI=1S/C19H19N3O3S/c1-14(19-21-10-11-26-19)12-22-17(23)13-24-15-5-7-16(8-6-15)25-18-4-2-3-9-20-18/h2-11,14H,12-13H2,1H3,(H,22,23)/t14-/m1/s1. The summed E-state index contributed by atoms with van der Waals surface area (Å²) in [5.74, 6) is 1.79. The summed E-state index contributed by atoms with van der Waals surface area (Å²) in [6.07, 6.45) is 3.43. The Morgan fingerprint density at radius 1 is 1.12 bits per heavy atom. The van der Waals surface area contributed by atoms with Crippen molar-refractivity contribution in [2.75, 3.05) is 13.2 Å². The van der Waals surface area contributed by atoms with Crippen molar-refractivity contribution in [3.05, 3.63) is 65.2 Å². The average Bonchev–Trinajstić information content (AvgIpc) is 3.21. The SMILES string of the molecule is C[C@H](CNC(=O)COc1ccc(Oc2ccccn2)cc1)c1nccs1. The first-order chi connectivity index (χ1) is 12.7.